The van der Waals surface area contributed by atoms with E-state index in [2.05, 4.69) is 15.5 Å². The van der Waals surface area contributed by atoms with Crippen molar-refractivity contribution < 1.29 is 9.32 Å². The summed E-state index contributed by atoms with van der Waals surface area (Å²) in [5.74, 6) is 1.07. The van der Waals surface area contributed by atoms with Gasteiger partial charge in [-0.15, -0.1) is 11.3 Å². The molecule has 0 bridgehead atoms. The maximum atomic E-state index is 12.1. The monoisotopic (exact) mass is 409 g/mol. The number of carbonyl (C=O) groups is 1. The van der Waals surface area contributed by atoms with Gasteiger partial charge >= 0.3 is 0 Å². The molecule has 5 nitrogen and oxygen atoms in total. The average molecular weight is 410 g/mol. The van der Waals surface area contributed by atoms with Crippen LogP contribution >= 0.6 is 34.5 Å². The Labute approximate surface area is 165 Å². The van der Waals surface area contributed by atoms with E-state index in [1.807, 2.05) is 17.5 Å². The number of nitrogens with one attached hydrogen (secondary N) is 1. The minimum Gasteiger partial charge on any atom is -0.352 e. The lowest BCUT2D eigenvalue weighted by Gasteiger charge is -2.07. The lowest BCUT2D eigenvalue weighted by atomic mass is 10.2. The smallest absolute Gasteiger partial charge is 0.252 e. The molecule has 0 fully saturated rings. The minimum absolute atomic E-state index is 0.213. The third-order valence-corrected chi connectivity index (χ3v) is 5.17. The number of aryl methyl sites for hydroxylation is 1. The van der Waals surface area contributed by atoms with Crippen molar-refractivity contribution in [3.05, 3.63) is 57.2 Å². The number of aromatic nitrogens is 2. The fourth-order valence-electron chi connectivity index (χ4n) is 2.41. The number of halogens is 2. The van der Waals surface area contributed by atoms with Crippen LogP contribution in [0, 0.1) is 0 Å². The van der Waals surface area contributed by atoms with Gasteiger partial charge in [0.15, 0.2) is 0 Å². The van der Waals surface area contributed by atoms with Gasteiger partial charge in [0.25, 0.3) is 5.91 Å². The molecule has 0 saturated heterocycles. The summed E-state index contributed by atoms with van der Waals surface area (Å²) >= 11 is 13.5. The molecule has 0 saturated carbocycles. The highest BCUT2D eigenvalue weighted by molar-refractivity contribution is 7.13. The number of carbonyl (C=O) groups excluding carboxylic acids is 1. The van der Waals surface area contributed by atoms with Crippen LogP contribution in [0.15, 0.2) is 40.2 Å². The van der Waals surface area contributed by atoms with Gasteiger partial charge in [-0.3, -0.25) is 4.79 Å². The fourth-order valence-corrected chi connectivity index (χ4v) is 3.43. The van der Waals surface area contributed by atoms with E-state index in [-0.39, 0.29) is 5.91 Å². The minimum atomic E-state index is -0.213. The molecule has 136 valence electrons. The van der Waals surface area contributed by atoms with Crippen molar-refractivity contribution in [3.63, 3.8) is 0 Å². The predicted molar refractivity (Wildman–Crippen MR) is 104 cm³/mol. The van der Waals surface area contributed by atoms with Crippen molar-refractivity contribution in [1.82, 2.24) is 15.5 Å². The largest absolute Gasteiger partial charge is 0.352 e. The van der Waals surface area contributed by atoms with Crippen LogP contribution in [0.5, 0.6) is 0 Å². The third-order valence-electron chi connectivity index (χ3n) is 3.74. The molecule has 26 heavy (non-hydrogen) atoms. The normalized spacial score (nSPS) is 10.8. The summed E-state index contributed by atoms with van der Waals surface area (Å²) in [4.78, 5) is 17.5. The summed E-state index contributed by atoms with van der Waals surface area (Å²) in [5, 5.41) is 9.71. The lowest BCUT2D eigenvalue weighted by Crippen LogP contribution is -2.24. The molecule has 0 spiro atoms. The average Bonchev–Trinajstić information content (AvgIpc) is 3.31. The zero-order valence-electron chi connectivity index (χ0n) is 13.9. The maximum absolute atomic E-state index is 12.1. The number of amides is 1. The molecule has 0 aliphatic carbocycles. The second-order valence-electron chi connectivity index (χ2n) is 5.68. The van der Waals surface area contributed by atoms with Gasteiger partial charge in [0.1, 0.15) is 0 Å². The van der Waals surface area contributed by atoms with E-state index in [0.29, 0.717) is 33.9 Å². The van der Waals surface area contributed by atoms with Crippen LogP contribution in [0.4, 0.5) is 0 Å². The zero-order valence-corrected chi connectivity index (χ0v) is 16.2. The van der Waals surface area contributed by atoms with Gasteiger partial charge in [-0.1, -0.05) is 40.8 Å². The van der Waals surface area contributed by atoms with Crippen LogP contribution < -0.4 is 5.32 Å². The van der Waals surface area contributed by atoms with Crippen molar-refractivity contribution in [3.8, 4) is 10.7 Å². The summed E-state index contributed by atoms with van der Waals surface area (Å²) in [6.07, 6.45) is 3.45. The van der Waals surface area contributed by atoms with Crippen molar-refractivity contribution in [1.29, 1.82) is 0 Å². The molecule has 1 N–H and O–H groups in total. The van der Waals surface area contributed by atoms with E-state index in [0.717, 1.165) is 30.6 Å². The molecular weight excluding hydrogens is 393 g/mol. The first kappa shape index (κ1) is 18.9. The van der Waals surface area contributed by atoms with Crippen molar-refractivity contribution in [2.45, 2.75) is 25.7 Å². The molecule has 8 heteroatoms. The number of nitrogens with zero attached hydrogens (tertiary/aromatic N) is 2. The van der Waals surface area contributed by atoms with E-state index in [9.17, 15) is 4.79 Å². The highest BCUT2D eigenvalue weighted by atomic mass is 35.5. The van der Waals surface area contributed by atoms with Gasteiger partial charge in [-0.05, 0) is 42.5 Å². The highest BCUT2D eigenvalue weighted by Crippen LogP contribution is 2.22. The van der Waals surface area contributed by atoms with Gasteiger partial charge in [-0.25, -0.2) is 0 Å². The SMILES string of the molecule is O=C(NCCCCCc1nc(-c2cccs2)no1)c1cc(Cl)ccc1Cl. The Balaban J connectivity index is 1.36. The number of benzene rings is 1. The first-order valence-electron chi connectivity index (χ1n) is 8.23. The standard InChI is InChI=1S/C18H17Cl2N3O2S/c19-12-7-8-14(20)13(11-12)18(24)21-9-3-1-2-6-16-22-17(23-25-16)15-5-4-10-26-15/h4-5,7-8,10-11H,1-3,6,9H2,(H,21,24). The van der Waals surface area contributed by atoms with E-state index in [4.69, 9.17) is 27.7 Å². The molecule has 2 heterocycles. The number of hydrogen-bond acceptors (Lipinski definition) is 5. The summed E-state index contributed by atoms with van der Waals surface area (Å²) < 4.78 is 5.26. The number of unbranched alkanes of at least 4 members (excludes halogenated alkanes) is 2. The van der Waals surface area contributed by atoms with E-state index in [1.54, 1.807) is 29.5 Å². The predicted octanol–water partition coefficient (Wildman–Crippen LogP) is 5.25. The topological polar surface area (TPSA) is 68.0 Å². The maximum Gasteiger partial charge on any atom is 0.252 e. The number of rotatable bonds is 8. The van der Waals surface area contributed by atoms with Gasteiger partial charge in [-0.2, -0.15) is 4.98 Å². The van der Waals surface area contributed by atoms with Crippen LogP contribution in [0.25, 0.3) is 10.7 Å². The molecule has 0 radical (unpaired) electrons. The van der Waals surface area contributed by atoms with Crippen molar-refractivity contribution >= 4 is 40.4 Å². The number of hydrogen-bond donors (Lipinski definition) is 1. The van der Waals surface area contributed by atoms with Crippen LogP contribution in [0.1, 0.15) is 35.5 Å². The Morgan fingerprint density at radius 1 is 1.19 bits per heavy atom. The molecule has 0 aliphatic heterocycles. The second-order valence-corrected chi connectivity index (χ2v) is 7.47. The Morgan fingerprint density at radius 2 is 2.08 bits per heavy atom. The first-order chi connectivity index (χ1) is 12.6. The van der Waals surface area contributed by atoms with Crippen LogP contribution in [-0.2, 0) is 6.42 Å². The van der Waals surface area contributed by atoms with E-state index >= 15 is 0 Å². The Bertz CT molecular complexity index is 865. The zero-order chi connectivity index (χ0) is 18.4. The van der Waals surface area contributed by atoms with Crippen LogP contribution in [0.2, 0.25) is 10.0 Å². The van der Waals surface area contributed by atoms with Crippen molar-refractivity contribution in [2.24, 2.45) is 0 Å². The molecule has 1 amide bonds. The first-order valence-corrected chi connectivity index (χ1v) is 9.87. The fraction of sp³-hybridized carbons (Fsp3) is 0.278. The highest BCUT2D eigenvalue weighted by Gasteiger charge is 2.11. The Kier molecular flexibility index (Phi) is 6.66. The van der Waals surface area contributed by atoms with E-state index in [1.165, 1.54) is 0 Å². The second kappa shape index (κ2) is 9.16. The van der Waals surface area contributed by atoms with E-state index < -0.39 is 0 Å². The molecule has 0 atom stereocenters. The number of thiophene rings is 1. The molecular formula is C18H17Cl2N3O2S. The summed E-state index contributed by atoms with van der Waals surface area (Å²) in [7, 11) is 0. The molecule has 0 unspecified atom stereocenters. The third kappa shape index (κ3) is 5.06. The van der Waals surface area contributed by atoms with Gasteiger partial charge < -0.3 is 9.84 Å². The van der Waals surface area contributed by atoms with Gasteiger partial charge in [0, 0.05) is 18.0 Å². The van der Waals surface area contributed by atoms with Crippen molar-refractivity contribution in [2.75, 3.05) is 6.54 Å². The van der Waals surface area contributed by atoms with Gasteiger partial charge in [0.2, 0.25) is 11.7 Å². The van der Waals surface area contributed by atoms with Gasteiger partial charge in [0.05, 0.1) is 15.5 Å². The Morgan fingerprint density at radius 3 is 2.88 bits per heavy atom. The summed E-state index contributed by atoms with van der Waals surface area (Å²) in [6.45, 7) is 0.575. The summed E-state index contributed by atoms with van der Waals surface area (Å²) in [6, 6.07) is 8.77. The Hall–Kier alpha value is -1.89. The molecule has 3 rings (SSSR count). The molecule has 0 aliphatic rings. The summed E-state index contributed by atoms with van der Waals surface area (Å²) in [5.41, 5.74) is 0.395. The molecule has 1 aromatic carbocycles. The lowest BCUT2D eigenvalue weighted by molar-refractivity contribution is 0.0953. The quantitative estimate of drug-likeness (QED) is 0.515. The van der Waals surface area contributed by atoms with Crippen LogP contribution in [0.3, 0.4) is 0 Å². The molecule has 2 aromatic heterocycles. The van der Waals surface area contributed by atoms with Crippen LogP contribution in [-0.4, -0.2) is 22.6 Å². The molecule has 3 aromatic rings.